The molecule has 1 fully saturated rings. The molecule has 4 rings (SSSR count). The van der Waals surface area contributed by atoms with Crippen molar-refractivity contribution in [2.24, 2.45) is 5.16 Å². The van der Waals surface area contributed by atoms with Crippen LogP contribution in [-0.2, 0) is 20.8 Å². The lowest BCUT2D eigenvalue weighted by Crippen LogP contribution is -2.49. The quantitative estimate of drug-likeness (QED) is 0.705. The summed E-state index contributed by atoms with van der Waals surface area (Å²) >= 11 is 0. The second-order valence-electron chi connectivity index (χ2n) is 8.18. The molecule has 162 valence electrons. The smallest absolute Gasteiger partial charge is 0.417 e. The SMILES string of the molecule is CCOc1cccc(C2=NO[C@H](C(=O)N3C(=O)OC(C)(C)[C@@H]3Cc3ccccc3)C2)c1. The summed E-state index contributed by atoms with van der Waals surface area (Å²) in [6, 6.07) is 16.8. The Bertz CT molecular complexity index is 1000. The zero-order valence-electron chi connectivity index (χ0n) is 17.9. The van der Waals surface area contributed by atoms with Gasteiger partial charge in [0.2, 0.25) is 6.10 Å². The number of carbonyl (C=O) groups excluding carboxylic acids is 2. The van der Waals surface area contributed by atoms with Crippen molar-refractivity contribution in [1.82, 2.24) is 4.90 Å². The molecule has 2 aromatic rings. The molecular weight excluding hydrogens is 396 g/mol. The van der Waals surface area contributed by atoms with Gasteiger partial charge in [0.05, 0.1) is 18.4 Å². The Balaban J connectivity index is 1.50. The van der Waals surface area contributed by atoms with Gasteiger partial charge in [0.1, 0.15) is 11.4 Å². The number of hydrogen-bond donors (Lipinski definition) is 0. The molecule has 0 spiro atoms. The van der Waals surface area contributed by atoms with Crippen molar-refractivity contribution in [3.8, 4) is 5.75 Å². The number of hydrogen-bond acceptors (Lipinski definition) is 6. The highest BCUT2D eigenvalue weighted by Gasteiger charge is 2.52. The Morgan fingerprint density at radius 3 is 2.71 bits per heavy atom. The Kier molecular flexibility index (Phi) is 5.67. The van der Waals surface area contributed by atoms with E-state index in [4.69, 9.17) is 14.3 Å². The maximum absolute atomic E-state index is 13.3. The fourth-order valence-electron chi connectivity index (χ4n) is 3.97. The summed E-state index contributed by atoms with van der Waals surface area (Å²) in [5, 5.41) is 4.11. The molecule has 0 aromatic heterocycles. The van der Waals surface area contributed by atoms with E-state index in [1.165, 1.54) is 4.90 Å². The molecule has 2 aromatic carbocycles. The number of imide groups is 1. The lowest BCUT2D eigenvalue weighted by atomic mass is 9.91. The second-order valence-corrected chi connectivity index (χ2v) is 8.18. The standard InChI is InChI=1S/C24H26N2O5/c1-4-29-18-12-8-11-17(14-18)19-15-20(31-25-19)22(27)26-21(24(2,3)30-23(26)28)13-16-9-6-5-7-10-16/h5-12,14,20-21H,4,13,15H2,1-3H3/t20-,21-/m0/s1. The van der Waals surface area contributed by atoms with Gasteiger partial charge in [0.25, 0.3) is 5.91 Å². The zero-order chi connectivity index (χ0) is 22.0. The minimum Gasteiger partial charge on any atom is -0.494 e. The largest absolute Gasteiger partial charge is 0.494 e. The van der Waals surface area contributed by atoms with Crippen LogP contribution >= 0.6 is 0 Å². The first-order valence-corrected chi connectivity index (χ1v) is 10.4. The van der Waals surface area contributed by atoms with Crippen LogP contribution in [0.3, 0.4) is 0 Å². The van der Waals surface area contributed by atoms with Crippen LogP contribution in [0.4, 0.5) is 4.79 Å². The summed E-state index contributed by atoms with van der Waals surface area (Å²) in [6.07, 6.45) is -0.740. The maximum Gasteiger partial charge on any atom is 0.417 e. The third-order valence-corrected chi connectivity index (χ3v) is 5.59. The number of rotatable bonds is 6. The number of ether oxygens (including phenoxy) is 2. The fraction of sp³-hybridized carbons (Fsp3) is 0.375. The number of oxime groups is 1. The van der Waals surface area contributed by atoms with Crippen LogP contribution in [0.5, 0.6) is 5.75 Å². The summed E-state index contributed by atoms with van der Waals surface area (Å²) in [7, 11) is 0. The van der Waals surface area contributed by atoms with E-state index in [1.54, 1.807) is 0 Å². The number of nitrogens with zero attached hydrogens (tertiary/aromatic N) is 2. The third kappa shape index (κ3) is 4.26. The van der Waals surface area contributed by atoms with Crippen LogP contribution in [0.1, 0.15) is 38.3 Å². The van der Waals surface area contributed by atoms with Crippen LogP contribution in [0, 0.1) is 0 Å². The van der Waals surface area contributed by atoms with E-state index in [9.17, 15) is 9.59 Å². The highest BCUT2D eigenvalue weighted by atomic mass is 16.6. The van der Waals surface area contributed by atoms with Crippen LogP contribution in [-0.4, -0.2) is 47.0 Å². The van der Waals surface area contributed by atoms with Gasteiger partial charge in [0.15, 0.2) is 0 Å². The number of carbonyl (C=O) groups is 2. The van der Waals surface area contributed by atoms with Crippen molar-refractivity contribution in [3.63, 3.8) is 0 Å². The van der Waals surface area contributed by atoms with Crippen LogP contribution in [0.25, 0.3) is 0 Å². The first-order valence-electron chi connectivity index (χ1n) is 10.4. The van der Waals surface area contributed by atoms with Crippen molar-refractivity contribution < 1.29 is 23.9 Å². The van der Waals surface area contributed by atoms with Crippen molar-refractivity contribution >= 4 is 17.7 Å². The van der Waals surface area contributed by atoms with Crippen LogP contribution in [0.2, 0.25) is 0 Å². The summed E-state index contributed by atoms with van der Waals surface area (Å²) in [6.45, 7) is 6.12. The van der Waals surface area contributed by atoms with E-state index < -0.39 is 29.7 Å². The lowest BCUT2D eigenvalue weighted by molar-refractivity contribution is -0.140. The van der Waals surface area contributed by atoms with Gasteiger partial charge in [-0.15, -0.1) is 0 Å². The molecular formula is C24H26N2O5. The van der Waals surface area contributed by atoms with E-state index in [2.05, 4.69) is 5.16 Å². The van der Waals surface area contributed by atoms with E-state index in [-0.39, 0.29) is 6.42 Å². The first kappa shape index (κ1) is 20.9. The Labute approximate surface area is 181 Å². The van der Waals surface area contributed by atoms with E-state index in [1.807, 2.05) is 75.4 Å². The van der Waals surface area contributed by atoms with Crippen molar-refractivity contribution in [1.29, 1.82) is 0 Å². The molecule has 2 amide bonds. The van der Waals surface area contributed by atoms with Crippen molar-refractivity contribution in [2.75, 3.05) is 6.61 Å². The zero-order valence-corrected chi connectivity index (χ0v) is 17.9. The van der Waals surface area contributed by atoms with Crippen LogP contribution in [0.15, 0.2) is 59.8 Å². The Hall–Kier alpha value is -3.35. The number of cyclic esters (lactones) is 1. The minimum atomic E-state index is -0.870. The molecule has 31 heavy (non-hydrogen) atoms. The summed E-state index contributed by atoms with van der Waals surface area (Å²) in [5.74, 6) is 0.293. The van der Waals surface area contributed by atoms with Gasteiger partial charge in [-0.05, 0) is 44.9 Å². The molecule has 7 nitrogen and oxygen atoms in total. The van der Waals surface area contributed by atoms with Gasteiger partial charge in [-0.25, -0.2) is 9.69 Å². The topological polar surface area (TPSA) is 77.4 Å². The van der Waals surface area contributed by atoms with Gasteiger partial charge in [-0.2, -0.15) is 0 Å². The molecule has 7 heteroatoms. The van der Waals surface area contributed by atoms with Gasteiger partial charge >= 0.3 is 6.09 Å². The average Bonchev–Trinajstić information content (AvgIpc) is 3.32. The van der Waals surface area contributed by atoms with E-state index in [0.29, 0.717) is 18.7 Å². The molecule has 0 radical (unpaired) electrons. The lowest BCUT2D eigenvalue weighted by Gasteiger charge is -2.28. The molecule has 2 atom stereocenters. The van der Waals surface area contributed by atoms with E-state index >= 15 is 0 Å². The first-order chi connectivity index (χ1) is 14.9. The summed E-state index contributed by atoms with van der Waals surface area (Å²) in [4.78, 5) is 32.6. The van der Waals surface area contributed by atoms with Gasteiger partial charge in [0, 0.05) is 12.0 Å². The monoisotopic (exact) mass is 422 g/mol. The molecule has 0 N–H and O–H groups in total. The molecule has 1 saturated heterocycles. The second kappa shape index (κ2) is 8.41. The molecule has 2 aliphatic rings. The summed E-state index contributed by atoms with van der Waals surface area (Å²) < 4.78 is 11.1. The predicted molar refractivity (Wildman–Crippen MR) is 115 cm³/mol. The molecule has 2 aliphatic heterocycles. The molecule has 0 aliphatic carbocycles. The maximum atomic E-state index is 13.3. The minimum absolute atomic E-state index is 0.274. The Morgan fingerprint density at radius 2 is 1.97 bits per heavy atom. The van der Waals surface area contributed by atoms with Crippen molar-refractivity contribution in [3.05, 3.63) is 65.7 Å². The van der Waals surface area contributed by atoms with Gasteiger partial charge in [-0.3, -0.25) is 4.79 Å². The summed E-state index contributed by atoms with van der Waals surface area (Å²) in [5.41, 5.74) is 1.68. The van der Waals surface area contributed by atoms with Gasteiger partial charge < -0.3 is 14.3 Å². The molecule has 0 bridgehead atoms. The predicted octanol–water partition coefficient (Wildman–Crippen LogP) is 3.95. The molecule has 2 heterocycles. The number of benzene rings is 2. The fourth-order valence-corrected chi connectivity index (χ4v) is 3.97. The third-order valence-electron chi connectivity index (χ3n) is 5.59. The van der Waals surface area contributed by atoms with Crippen LogP contribution < -0.4 is 4.74 Å². The molecule has 0 unspecified atom stereocenters. The molecule has 0 saturated carbocycles. The Morgan fingerprint density at radius 1 is 1.19 bits per heavy atom. The van der Waals surface area contributed by atoms with Crippen molar-refractivity contribution in [2.45, 2.75) is 51.4 Å². The van der Waals surface area contributed by atoms with Gasteiger partial charge in [-0.1, -0.05) is 47.6 Å². The highest BCUT2D eigenvalue weighted by Crippen LogP contribution is 2.34. The highest BCUT2D eigenvalue weighted by molar-refractivity contribution is 6.06. The normalized spacial score (nSPS) is 22.0. The average molecular weight is 422 g/mol. The van der Waals surface area contributed by atoms with E-state index in [0.717, 1.165) is 16.9 Å². The number of amides is 2.